The maximum absolute atomic E-state index is 14.5. The quantitative estimate of drug-likeness (QED) is 0.604. The Morgan fingerprint density at radius 1 is 1.20 bits per heavy atom. The first kappa shape index (κ1) is 24.6. The summed E-state index contributed by atoms with van der Waals surface area (Å²) in [6.45, 7) is 11.5. The number of rotatable bonds is 3. The van der Waals surface area contributed by atoms with E-state index < -0.39 is 11.4 Å². The first-order valence-corrected chi connectivity index (χ1v) is 11.7. The molecule has 10 heteroatoms. The number of pyridine rings is 1. The highest BCUT2D eigenvalue weighted by Gasteiger charge is 2.32. The van der Waals surface area contributed by atoms with Gasteiger partial charge in [0.2, 0.25) is 0 Å². The molecule has 3 aromatic rings. The van der Waals surface area contributed by atoms with Gasteiger partial charge in [-0.25, -0.2) is 24.1 Å². The number of nitrogens with one attached hydrogen (secondary N) is 1. The Morgan fingerprint density at radius 2 is 1.94 bits per heavy atom. The van der Waals surface area contributed by atoms with Crippen LogP contribution in [0.5, 0.6) is 0 Å². The summed E-state index contributed by atoms with van der Waals surface area (Å²) >= 11 is 0. The number of imidazole rings is 1. The number of fused-ring (bicyclic) bond motifs is 1. The fourth-order valence-electron chi connectivity index (χ4n) is 4.29. The van der Waals surface area contributed by atoms with Gasteiger partial charge in [0.1, 0.15) is 5.60 Å². The third-order valence-corrected chi connectivity index (χ3v) is 5.95. The molecule has 0 radical (unpaired) electrons. The van der Waals surface area contributed by atoms with Crippen LogP contribution in [0.25, 0.3) is 17.0 Å². The molecule has 0 aromatic carbocycles. The van der Waals surface area contributed by atoms with E-state index in [1.165, 1.54) is 12.3 Å². The number of amides is 2. The van der Waals surface area contributed by atoms with E-state index in [1.807, 2.05) is 27.7 Å². The number of likely N-dealkylation sites (tertiary alicyclic amines) is 1. The third kappa shape index (κ3) is 5.41. The van der Waals surface area contributed by atoms with Gasteiger partial charge in [0.15, 0.2) is 17.3 Å². The van der Waals surface area contributed by atoms with Crippen LogP contribution in [-0.4, -0.2) is 60.5 Å². The largest absolute Gasteiger partial charge is 0.444 e. The Morgan fingerprint density at radius 3 is 2.60 bits per heavy atom. The molecule has 0 unspecified atom stereocenters. The molecule has 4 heterocycles. The number of ether oxygens (including phenoxy) is 1. The van der Waals surface area contributed by atoms with E-state index in [-0.39, 0.29) is 29.7 Å². The SMILES string of the molecule is Cc1cn2cc(-c3ncc(C(=O)N[C@H]4CCN(C(=O)OC(C)(C)C)[C@H](C)C4)c(C)n3)cc(F)c2n1. The van der Waals surface area contributed by atoms with Gasteiger partial charge in [-0.1, -0.05) is 0 Å². The number of aryl methyl sites for hydroxylation is 2. The molecular formula is C25H31FN6O3. The van der Waals surface area contributed by atoms with Crippen LogP contribution in [-0.2, 0) is 4.74 Å². The van der Waals surface area contributed by atoms with Crippen molar-refractivity contribution >= 4 is 17.6 Å². The molecule has 1 N–H and O–H groups in total. The van der Waals surface area contributed by atoms with Crippen molar-refractivity contribution in [3.8, 4) is 11.4 Å². The zero-order valence-electron chi connectivity index (χ0n) is 20.9. The maximum Gasteiger partial charge on any atom is 0.410 e. The molecule has 1 aliphatic heterocycles. The molecule has 9 nitrogen and oxygen atoms in total. The molecule has 3 aromatic heterocycles. The van der Waals surface area contributed by atoms with E-state index in [9.17, 15) is 14.0 Å². The van der Waals surface area contributed by atoms with Crippen LogP contribution in [0.15, 0.2) is 24.7 Å². The van der Waals surface area contributed by atoms with Gasteiger partial charge in [-0.05, 0) is 60.5 Å². The molecule has 4 rings (SSSR count). The molecule has 2 atom stereocenters. The summed E-state index contributed by atoms with van der Waals surface area (Å²) in [5, 5.41) is 3.04. The number of carbonyl (C=O) groups excluding carboxylic acids is 2. The Bertz CT molecular complexity index is 1280. The second kappa shape index (κ2) is 9.24. The van der Waals surface area contributed by atoms with Crippen molar-refractivity contribution < 1.29 is 18.7 Å². The standard InChI is InChI=1S/C25H31FN6O3/c1-14-12-31-13-17(10-20(26)22(31)28-14)21-27-11-19(16(3)29-21)23(33)30-18-7-8-32(15(2)9-18)24(34)35-25(4,5)6/h10-13,15,18H,7-9H2,1-6H3,(H,30,33)/t15-,18+/m1/s1. The summed E-state index contributed by atoms with van der Waals surface area (Å²) < 4.78 is 21.6. The van der Waals surface area contributed by atoms with Crippen LogP contribution in [0.2, 0.25) is 0 Å². The Balaban J connectivity index is 1.43. The lowest BCUT2D eigenvalue weighted by Crippen LogP contribution is -2.52. The Labute approximate surface area is 203 Å². The summed E-state index contributed by atoms with van der Waals surface area (Å²) in [6.07, 6.45) is 5.81. The van der Waals surface area contributed by atoms with Gasteiger partial charge in [-0.15, -0.1) is 0 Å². The van der Waals surface area contributed by atoms with Gasteiger partial charge in [-0.3, -0.25) is 4.79 Å². The van der Waals surface area contributed by atoms with Crippen molar-refractivity contribution in [3.63, 3.8) is 0 Å². The molecule has 2 amide bonds. The Kier molecular flexibility index (Phi) is 6.48. The third-order valence-electron chi connectivity index (χ3n) is 5.95. The van der Waals surface area contributed by atoms with E-state index in [2.05, 4.69) is 20.3 Å². The average molecular weight is 483 g/mol. The number of hydrogen-bond donors (Lipinski definition) is 1. The molecule has 1 aliphatic rings. The summed E-state index contributed by atoms with van der Waals surface area (Å²) in [5.41, 5.74) is 1.74. The van der Waals surface area contributed by atoms with Crippen LogP contribution in [0, 0.1) is 19.7 Å². The highest BCUT2D eigenvalue weighted by Crippen LogP contribution is 2.23. The average Bonchev–Trinajstić information content (AvgIpc) is 3.13. The normalized spacial score (nSPS) is 18.5. The minimum atomic E-state index is -0.555. The van der Waals surface area contributed by atoms with Gasteiger partial charge in [0.25, 0.3) is 5.91 Å². The van der Waals surface area contributed by atoms with E-state index in [0.717, 1.165) is 0 Å². The zero-order chi connectivity index (χ0) is 25.5. The predicted molar refractivity (Wildman–Crippen MR) is 129 cm³/mol. The topological polar surface area (TPSA) is 102 Å². The number of aromatic nitrogens is 4. The number of carbonyl (C=O) groups is 2. The van der Waals surface area contributed by atoms with Crippen LogP contribution in [0.1, 0.15) is 62.3 Å². The maximum atomic E-state index is 14.5. The van der Waals surface area contributed by atoms with Crippen LogP contribution in [0.3, 0.4) is 0 Å². The van der Waals surface area contributed by atoms with E-state index >= 15 is 0 Å². The van der Waals surface area contributed by atoms with Gasteiger partial charge in [-0.2, -0.15) is 0 Å². The molecule has 0 saturated carbocycles. The smallest absolute Gasteiger partial charge is 0.410 e. The second-order valence-electron chi connectivity index (χ2n) is 10.1. The molecule has 35 heavy (non-hydrogen) atoms. The first-order chi connectivity index (χ1) is 16.4. The Hall–Kier alpha value is -3.56. The second-order valence-corrected chi connectivity index (χ2v) is 10.1. The lowest BCUT2D eigenvalue weighted by atomic mass is 9.98. The molecule has 1 saturated heterocycles. The van der Waals surface area contributed by atoms with Crippen molar-refractivity contribution in [2.45, 2.75) is 72.1 Å². The molecule has 0 bridgehead atoms. The summed E-state index contributed by atoms with van der Waals surface area (Å²) in [7, 11) is 0. The fraction of sp³-hybridized carbons (Fsp3) is 0.480. The number of hydrogen-bond acceptors (Lipinski definition) is 6. The van der Waals surface area contributed by atoms with Gasteiger partial charge in [0.05, 0.1) is 17.0 Å². The number of piperidine rings is 1. The highest BCUT2D eigenvalue weighted by molar-refractivity contribution is 5.95. The number of nitrogens with zero attached hydrogens (tertiary/aromatic N) is 5. The van der Waals surface area contributed by atoms with Crippen molar-refractivity contribution in [2.24, 2.45) is 0 Å². The van der Waals surface area contributed by atoms with Gasteiger partial charge < -0.3 is 19.4 Å². The van der Waals surface area contributed by atoms with Crippen molar-refractivity contribution in [1.82, 2.24) is 29.6 Å². The molecule has 186 valence electrons. The molecule has 1 fully saturated rings. The van der Waals surface area contributed by atoms with Gasteiger partial charge >= 0.3 is 6.09 Å². The lowest BCUT2D eigenvalue weighted by molar-refractivity contribution is 0.00960. The van der Waals surface area contributed by atoms with Crippen molar-refractivity contribution in [2.75, 3.05) is 6.54 Å². The summed E-state index contributed by atoms with van der Waals surface area (Å²) in [5.74, 6) is -0.417. The van der Waals surface area contributed by atoms with E-state index in [1.54, 1.807) is 35.5 Å². The van der Waals surface area contributed by atoms with E-state index in [0.29, 0.717) is 47.7 Å². The van der Waals surface area contributed by atoms with E-state index in [4.69, 9.17) is 4.74 Å². The summed E-state index contributed by atoms with van der Waals surface area (Å²) in [6, 6.07) is 1.19. The van der Waals surface area contributed by atoms with Gasteiger partial charge in [0, 0.05) is 42.8 Å². The van der Waals surface area contributed by atoms with Crippen LogP contribution >= 0.6 is 0 Å². The minimum Gasteiger partial charge on any atom is -0.444 e. The molecule has 0 spiro atoms. The van der Waals surface area contributed by atoms with Crippen LogP contribution < -0.4 is 5.32 Å². The fourth-order valence-corrected chi connectivity index (χ4v) is 4.29. The predicted octanol–water partition coefficient (Wildman–Crippen LogP) is 4.07. The monoisotopic (exact) mass is 482 g/mol. The van der Waals surface area contributed by atoms with Crippen LogP contribution in [0.4, 0.5) is 9.18 Å². The summed E-state index contributed by atoms with van der Waals surface area (Å²) in [4.78, 5) is 40.0. The molecule has 0 aliphatic carbocycles. The minimum absolute atomic E-state index is 0.0692. The van der Waals surface area contributed by atoms with Crippen molar-refractivity contribution in [1.29, 1.82) is 0 Å². The van der Waals surface area contributed by atoms with Crippen molar-refractivity contribution in [3.05, 3.63) is 47.4 Å². The highest BCUT2D eigenvalue weighted by atomic mass is 19.1. The lowest BCUT2D eigenvalue weighted by Gasteiger charge is -2.38. The number of halogens is 1. The molecular weight excluding hydrogens is 451 g/mol. The zero-order valence-corrected chi connectivity index (χ0v) is 20.9. The first-order valence-electron chi connectivity index (χ1n) is 11.7.